The molecule has 3 rings (SSSR count). The third-order valence-electron chi connectivity index (χ3n) is 3.81. The molecule has 28 heavy (non-hydrogen) atoms. The molecule has 0 fully saturated rings. The average molecular weight is 400 g/mol. The molecule has 0 aliphatic carbocycles. The molecular formula is C21H22ClN3O3. The Kier molecular flexibility index (Phi) is 7.65. The van der Waals surface area contributed by atoms with Crippen LogP contribution in [0.5, 0.6) is 11.5 Å². The molecule has 2 N–H and O–H groups in total. The van der Waals surface area contributed by atoms with Crippen molar-refractivity contribution in [3.05, 3.63) is 72.4 Å². The third kappa shape index (κ3) is 5.62. The van der Waals surface area contributed by atoms with Gasteiger partial charge in [0, 0.05) is 23.1 Å². The predicted molar refractivity (Wildman–Crippen MR) is 113 cm³/mol. The summed E-state index contributed by atoms with van der Waals surface area (Å²) in [5.41, 5.74) is 2.06. The highest BCUT2D eigenvalue weighted by molar-refractivity contribution is 6.04. The van der Waals surface area contributed by atoms with Gasteiger partial charge in [0.25, 0.3) is 5.91 Å². The Hall–Kier alpha value is -3.25. The van der Waals surface area contributed by atoms with E-state index in [1.807, 2.05) is 31.2 Å². The molecule has 0 unspecified atom stereocenters. The van der Waals surface area contributed by atoms with Gasteiger partial charge in [0.1, 0.15) is 17.3 Å². The second-order valence-corrected chi connectivity index (χ2v) is 5.69. The minimum atomic E-state index is -0.211. The number of amides is 1. The minimum Gasteiger partial charge on any atom is -0.497 e. The van der Waals surface area contributed by atoms with E-state index in [0.29, 0.717) is 23.7 Å². The number of carbonyl (C=O) groups excluding carboxylic acids is 1. The van der Waals surface area contributed by atoms with Crippen molar-refractivity contribution in [3.63, 3.8) is 0 Å². The van der Waals surface area contributed by atoms with E-state index in [1.165, 1.54) is 0 Å². The Balaban J connectivity index is 0.00000280. The SMILES string of the molecule is CCOc1ccc(Nc2cc(C(=O)Nc3ccc(OC)cc3)ccn2)cc1.Cl. The maximum Gasteiger partial charge on any atom is 0.255 e. The quantitative estimate of drug-likeness (QED) is 0.590. The van der Waals surface area contributed by atoms with Gasteiger partial charge in [0.2, 0.25) is 0 Å². The van der Waals surface area contributed by atoms with Crippen molar-refractivity contribution in [3.8, 4) is 11.5 Å². The van der Waals surface area contributed by atoms with Crippen LogP contribution in [0.25, 0.3) is 0 Å². The van der Waals surface area contributed by atoms with Crippen molar-refractivity contribution >= 4 is 35.5 Å². The lowest BCUT2D eigenvalue weighted by Gasteiger charge is -2.09. The number of benzene rings is 2. The fourth-order valence-corrected chi connectivity index (χ4v) is 2.47. The first-order chi connectivity index (χ1) is 13.2. The monoisotopic (exact) mass is 399 g/mol. The summed E-state index contributed by atoms with van der Waals surface area (Å²) in [6.07, 6.45) is 1.60. The fourth-order valence-electron chi connectivity index (χ4n) is 2.47. The molecule has 1 amide bonds. The van der Waals surface area contributed by atoms with Crippen LogP contribution in [0.1, 0.15) is 17.3 Å². The molecule has 2 aromatic carbocycles. The summed E-state index contributed by atoms with van der Waals surface area (Å²) in [5.74, 6) is 1.92. The summed E-state index contributed by atoms with van der Waals surface area (Å²) in [6.45, 7) is 2.57. The van der Waals surface area contributed by atoms with Gasteiger partial charge in [0.15, 0.2) is 0 Å². The molecule has 6 nitrogen and oxygen atoms in total. The van der Waals surface area contributed by atoms with Crippen LogP contribution in [0.15, 0.2) is 66.9 Å². The topological polar surface area (TPSA) is 72.5 Å². The number of pyridine rings is 1. The molecule has 1 heterocycles. The van der Waals surface area contributed by atoms with Crippen molar-refractivity contribution in [2.75, 3.05) is 24.4 Å². The summed E-state index contributed by atoms with van der Waals surface area (Å²) in [7, 11) is 1.60. The van der Waals surface area contributed by atoms with Gasteiger partial charge in [-0.2, -0.15) is 0 Å². The molecule has 0 saturated carbocycles. The number of methoxy groups -OCH3 is 1. The molecule has 0 spiro atoms. The van der Waals surface area contributed by atoms with Crippen LogP contribution < -0.4 is 20.1 Å². The normalized spacial score (nSPS) is 9.79. The summed E-state index contributed by atoms with van der Waals surface area (Å²) >= 11 is 0. The number of nitrogens with one attached hydrogen (secondary N) is 2. The van der Waals surface area contributed by atoms with Crippen LogP contribution in [-0.4, -0.2) is 24.6 Å². The maximum atomic E-state index is 12.5. The Morgan fingerprint density at radius 2 is 1.61 bits per heavy atom. The second kappa shape index (κ2) is 10.2. The van der Waals surface area contributed by atoms with E-state index < -0.39 is 0 Å². The van der Waals surface area contributed by atoms with Crippen molar-refractivity contribution in [2.45, 2.75) is 6.92 Å². The maximum absolute atomic E-state index is 12.5. The predicted octanol–water partition coefficient (Wildman–Crippen LogP) is 4.91. The first-order valence-electron chi connectivity index (χ1n) is 8.59. The molecule has 0 aliphatic heterocycles. The van der Waals surface area contributed by atoms with E-state index >= 15 is 0 Å². The van der Waals surface area contributed by atoms with Gasteiger partial charge in [-0.15, -0.1) is 12.4 Å². The summed E-state index contributed by atoms with van der Waals surface area (Å²) in [5, 5.41) is 6.04. The number of carbonyl (C=O) groups is 1. The van der Waals surface area contributed by atoms with Crippen LogP contribution in [0.3, 0.4) is 0 Å². The Morgan fingerprint density at radius 3 is 2.25 bits per heavy atom. The standard InChI is InChI=1S/C21H21N3O3.ClH/c1-3-27-19-10-6-16(7-11-19)23-20-14-15(12-13-22-20)21(25)24-17-4-8-18(26-2)9-5-17;/h4-14H,3H2,1-2H3,(H,22,23)(H,24,25);1H. The van der Waals surface area contributed by atoms with Crippen LogP contribution in [0.4, 0.5) is 17.2 Å². The number of halogens is 1. The van der Waals surface area contributed by atoms with E-state index in [4.69, 9.17) is 9.47 Å². The van der Waals surface area contributed by atoms with Crippen LogP contribution in [-0.2, 0) is 0 Å². The summed E-state index contributed by atoms with van der Waals surface area (Å²) < 4.78 is 10.5. The molecule has 3 aromatic rings. The zero-order chi connectivity index (χ0) is 19.1. The lowest BCUT2D eigenvalue weighted by atomic mass is 10.2. The third-order valence-corrected chi connectivity index (χ3v) is 3.81. The van der Waals surface area contributed by atoms with Gasteiger partial charge in [-0.05, 0) is 67.6 Å². The van der Waals surface area contributed by atoms with E-state index in [1.54, 1.807) is 49.7 Å². The summed E-state index contributed by atoms with van der Waals surface area (Å²) in [4.78, 5) is 16.7. The number of aromatic nitrogens is 1. The number of hydrogen-bond acceptors (Lipinski definition) is 5. The fraction of sp³-hybridized carbons (Fsp3) is 0.143. The molecule has 0 atom stereocenters. The van der Waals surface area contributed by atoms with Crippen molar-refractivity contribution in [2.24, 2.45) is 0 Å². The van der Waals surface area contributed by atoms with Crippen LogP contribution in [0.2, 0.25) is 0 Å². The zero-order valence-electron chi connectivity index (χ0n) is 15.6. The lowest BCUT2D eigenvalue weighted by Crippen LogP contribution is -2.12. The Bertz CT molecular complexity index is 900. The van der Waals surface area contributed by atoms with Gasteiger partial charge in [-0.3, -0.25) is 4.79 Å². The van der Waals surface area contributed by atoms with E-state index in [2.05, 4.69) is 15.6 Å². The van der Waals surface area contributed by atoms with E-state index in [9.17, 15) is 4.79 Å². The molecule has 1 aromatic heterocycles. The molecule has 0 radical (unpaired) electrons. The number of nitrogens with zero attached hydrogens (tertiary/aromatic N) is 1. The average Bonchev–Trinajstić information content (AvgIpc) is 2.70. The van der Waals surface area contributed by atoms with Crippen molar-refractivity contribution in [1.29, 1.82) is 0 Å². The first-order valence-corrected chi connectivity index (χ1v) is 8.59. The van der Waals surface area contributed by atoms with Gasteiger partial charge >= 0.3 is 0 Å². The van der Waals surface area contributed by atoms with Crippen molar-refractivity contribution in [1.82, 2.24) is 4.98 Å². The summed E-state index contributed by atoms with van der Waals surface area (Å²) in [6, 6.07) is 18.1. The highest BCUT2D eigenvalue weighted by atomic mass is 35.5. The number of rotatable bonds is 7. The molecule has 0 aliphatic rings. The highest BCUT2D eigenvalue weighted by Crippen LogP contribution is 2.20. The van der Waals surface area contributed by atoms with E-state index in [0.717, 1.165) is 17.2 Å². The van der Waals surface area contributed by atoms with E-state index in [-0.39, 0.29) is 18.3 Å². The molecule has 0 saturated heterocycles. The minimum absolute atomic E-state index is 0. The van der Waals surface area contributed by atoms with Crippen LogP contribution in [0, 0.1) is 0 Å². The number of hydrogen-bond donors (Lipinski definition) is 2. The van der Waals surface area contributed by atoms with Gasteiger partial charge in [-0.1, -0.05) is 0 Å². The second-order valence-electron chi connectivity index (χ2n) is 5.69. The highest BCUT2D eigenvalue weighted by Gasteiger charge is 2.08. The number of ether oxygens (including phenoxy) is 2. The van der Waals surface area contributed by atoms with Crippen LogP contribution >= 0.6 is 12.4 Å². The lowest BCUT2D eigenvalue weighted by molar-refractivity contribution is 0.102. The van der Waals surface area contributed by atoms with Gasteiger partial charge in [-0.25, -0.2) is 4.98 Å². The zero-order valence-corrected chi connectivity index (χ0v) is 16.5. The van der Waals surface area contributed by atoms with Gasteiger partial charge < -0.3 is 20.1 Å². The molecule has 146 valence electrons. The Morgan fingerprint density at radius 1 is 0.964 bits per heavy atom. The van der Waals surface area contributed by atoms with Gasteiger partial charge in [0.05, 0.1) is 13.7 Å². The largest absolute Gasteiger partial charge is 0.497 e. The smallest absolute Gasteiger partial charge is 0.255 e. The molecule has 0 bridgehead atoms. The Labute approximate surface area is 170 Å². The molecule has 7 heteroatoms. The van der Waals surface area contributed by atoms with Crippen molar-refractivity contribution < 1.29 is 14.3 Å². The number of anilines is 3. The first kappa shape index (κ1) is 21.1. The molecular weight excluding hydrogens is 378 g/mol.